The Morgan fingerprint density at radius 3 is 2.35 bits per heavy atom. The van der Waals surface area contributed by atoms with Crippen molar-refractivity contribution in [2.45, 2.75) is 26.2 Å². The van der Waals surface area contributed by atoms with Crippen LogP contribution in [0.2, 0.25) is 0 Å². The van der Waals surface area contributed by atoms with Gasteiger partial charge < -0.3 is 14.9 Å². The zero-order valence-electron chi connectivity index (χ0n) is 10.8. The van der Waals surface area contributed by atoms with E-state index in [9.17, 15) is 4.79 Å². The third-order valence-electron chi connectivity index (χ3n) is 4.19. The summed E-state index contributed by atoms with van der Waals surface area (Å²) in [6.45, 7) is 8.35. The number of piperidine rings is 1. The predicted molar refractivity (Wildman–Crippen MR) is 67.0 cm³/mol. The lowest BCUT2D eigenvalue weighted by atomic mass is 9.99. The van der Waals surface area contributed by atoms with Gasteiger partial charge in [0, 0.05) is 26.2 Å². The molecule has 98 valence electrons. The van der Waals surface area contributed by atoms with Crippen molar-refractivity contribution < 1.29 is 9.90 Å². The molecule has 2 rings (SSSR count). The first-order chi connectivity index (χ1) is 8.16. The largest absolute Gasteiger partial charge is 0.481 e. The summed E-state index contributed by atoms with van der Waals surface area (Å²) in [5.41, 5.74) is 0. The van der Waals surface area contributed by atoms with Gasteiger partial charge in [0.25, 0.3) is 0 Å². The Balaban J connectivity index is 1.71. The zero-order chi connectivity index (χ0) is 12.3. The van der Waals surface area contributed by atoms with E-state index in [0.717, 1.165) is 26.2 Å². The van der Waals surface area contributed by atoms with Gasteiger partial charge in [-0.15, -0.1) is 0 Å². The standard InChI is InChI=1S/C13H24N2O2/c1-11-9-15(10-12(11)13(16)17)8-7-14-5-3-2-4-6-14/h11-12H,2-10H2,1H3,(H,16,17)/t11-,12-/m1/s1. The summed E-state index contributed by atoms with van der Waals surface area (Å²) in [7, 11) is 0. The van der Waals surface area contributed by atoms with Gasteiger partial charge in [0.2, 0.25) is 0 Å². The summed E-state index contributed by atoms with van der Waals surface area (Å²) in [6, 6.07) is 0. The fraction of sp³-hybridized carbons (Fsp3) is 0.923. The average Bonchev–Trinajstić information content (AvgIpc) is 2.69. The van der Waals surface area contributed by atoms with Crippen molar-refractivity contribution >= 4 is 5.97 Å². The van der Waals surface area contributed by atoms with Crippen LogP contribution in [0.5, 0.6) is 0 Å². The molecule has 2 aliphatic heterocycles. The molecule has 0 aliphatic carbocycles. The van der Waals surface area contributed by atoms with Gasteiger partial charge in [-0.1, -0.05) is 13.3 Å². The Labute approximate surface area is 104 Å². The van der Waals surface area contributed by atoms with Gasteiger partial charge >= 0.3 is 5.97 Å². The van der Waals surface area contributed by atoms with Crippen LogP contribution >= 0.6 is 0 Å². The number of rotatable bonds is 4. The second-order valence-corrected chi connectivity index (χ2v) is 5.58. The summed E-state index contributed by atoms with van der Waals surface area (Å²) in [5.74, 6) is -0.483. The first kappa shape index (κ1) is 12.8. The highest BCUT2D eigenvalue weighted by atomic mass is 16.4. The van der Waals surface area contributed by atoms with E-state index in [4.69, 9.17) is 5.11 Å². The Bertz CT molecular complexity index is 264. The van der Waals surface area contributed by atoms with E-state index in [1.807, 2.05) is 0 Å². The van der Waals surface area contributed by atoms with E-state index in [2.05, 4.69) is 16.7 Å². The third kappa shape index (κ3) is 3.42. The number of carboxylic acid groups (broad SMARTS) is 1. The van der Waals surface area contributed by atoms with Crippen LogP contribution in [0.4, 0.5) is 0 Å². The summed E-state index contributed by atoms with van der Waals surface area (Å²) in [5, 5.41) is 9.08. The fourth-order valence-corrected chi connectivity index (χ4v) is 3.04. The fourth-order valence-electron chi connectivity index (χ4n) is 3.04. The zero-order valence-corrected chi connectivity index (χ0v) is 10.8. The molecule has 0 aromatic rings. The highest BCUT2D eigenvalue weighted by molar-refractivity contribution is 5.71. The third-order valence-corrected chi connectivity index (χ3v) is 4.19. The molecule has 1 N–H and O–H groups in total. The van der Waals surface area contributed by atoms with E-state index in [-0.39, 0.29) is 5.92 Å². The van der Waals surface area contributed by atoms with Gasteiger partial charge in [-0.05, 0) is 31.8 Å². The van der Waals surface area contributed by atoms with Crippen LogP contribution in [0.15, 0.2) is 0 Å². The topological polar surface area (TPSA) is 43.8 Å². The number of carboxylic acids is 1. The lowest BCUT2D eigenvalue weighted by Gasteiger charge is -2.28. The van der Waals surface area contributed by atoms with E-state index >= 15 is 0 Å². The first-order valence-electron chi connectivity index (χ1n) is 6.84. The van der Waals surface area contributed by atoms with Crippen LogP contribution in [0.1, 0.15) is 26.2 Å². The van der Waals surface area contributed by atoms with Gasteiger partial charge in [0.15, 0.2) is 0 Å². The van der Waals surface area contributed by atoms with Crippen LogP contribution in [0.3, 0.4) is 0 Å². The normalized spacial score (nSPS) is 31.8. The second kappa shape index (κ2) is 5.83. The van der Waals surface area contributed by atoms with E-state index < -0.39 is 5.97 Å². The molecule has 0 spiro atoms. The number of aliphatic carboxylic acids is 1. The molecule has 17 heavy (non-hydrogen) atoms. The van der Waals surface area contributed by atoms with Crippen LogP contribution in [-0.2, 0) is 4.79 Å². The Morgan fingerprint density at radius 1 is 1.12 bits per heavy atom. The van der Waals surface area contributed by atoms with Gasteiger partial charge in [0.05, 0.1) is 5.92 Å². The van der Waals surface area contributed by atoms with Crippen molar-refractivity contribution in [3.63, 3.8) is 0 Å². The minimum atomic E-state index is -0.627. The number of carbonyl (C=O) groups is 1. The highest BCUT2D eigenvalue weighted by Crippen LogP contribution is 2.22. The molecular weight excluding hydrogens is 216 g/mol. The van der Waals surface area contributed by atoms with Crippen molar-refractivity contribution in [1.29, 1.82) is 0 Å². The molecule has 0 amide bonds. The van der Waals surface area contributed by atoms with Gasteiger partial charge in [-0.3, -0.25) is 4.79 Å². The summed E-state index contributed by atoms with van der Waals surface area (Å²) < 4.78 is 0. The van der Waals surface area contributed by atoms with Crippen molar-refractivity contribution in [2.75, 3.05) is 39.3 Å². The summed E-state index contributed by atoms with van der Waals surface area (Å²) in [4.78, 5) is 15.9. The Hall–Kier alpha value is -0.610. The SMILES string of the molecule is C[C@@H]1CN(CCN2CCCCC2)C[C@H]1C(=O)O. The second-order valence-electron chi connectivity index (χ2n) is 5.58. The Kier molecular flexibility index (Phi) is 4.40. The quantitative estimate of drug-likeness (QED) is 0.800. The van der Waals surface area contributed by atoms with Crippen molar-refractivity contribution in [3.05, 3.63) is 0 Å². The van der Waals surface area contributed by atoms with E-state index in [0.29, 0.717) is 5.92 Å². The monoisotopic (exact) mass is 240 g/mol. The number of nitrogens with zero attached hydrogens (tertiary/aromatic N) is 2. The number of hydrogen-bond acceptors (Lipinski definition) is 3. The van der Waals surface area contributed by atoms with Gasteiger partial charge in [0.1, 0.15) is 0 Å². The summed E-state index contributed by atoms with van der Waals surface area (Å²) in [6.07, 6.45) is 4.03. The van der Waals surface area contributed by atoms with Crippen LogP contribution in [0, 0.1) is 11.8 Å². The molecule has 2 aliphatic rings. The molecule has 0 unspecified atom stereocenters. The molecule has 0 aromatic carbocycles. The van der Waals surface area contributed by atoms with Gasteiger partial charge in [-0.2, -0.15) is 0 Å². The maximum atomic E-state index is 11.0. The molecule has 0 radical (unpaired) electrons. The molecule has 4 heteroatoms. The molecular formula is C13H24N2O2. The van der Waals surface area contributed by atoms with E-state index in [1.165, 1.54) is 32.4 Å². The van der Waals surface area contributed by atoms with Crippen molar-refractivity contribution in [3.8, 4) is 0 Å². The molecule has 4 nitrogen and oxygen atoms in total. The Morgan fingerprint density at radius 2 is 1.76 bits per heavy atom. The van der Waals surface area contributed by atoms with Crippen molar-refractivity contribution in [2.24, 2.45) is 11.8 Å². The highest BCUT2D eigenvalue weighted by Gasteiger charge is 2.34. The average molecular weight is 240 g/mol. The maximum absolute atomic E-state index is 11.0. The minimum absolute atomic E-state index is 0.156. The molecule has 2 fully saturated rings. The number of hydrogen-bond donors (Lipinski definition) is 1. The predicted octanol–water partition coefficient (Wildman–Crippen LogP) is 1.12. The number of likely N-dealkylation sites (tertiary alicyclic amines) is 2. The molecule has 2 atom stereocenters. The molecule has 0 bridgehead atoms. The van der Waals surface area contributed by atoms with Crippen LogP contribution < -0.4 is 0 Å². The van der Waals surface area contributed by atoms with Crippen LogP contribution in [-0.4, -0.2) is 60.1 Å². The molecule has 0 aromatic heterocycles. The lowest BCUT2D eigenvalue weighted by molar-refractivity contribution is -0.142. The van der Waals surface area contributed by atoms with Crippen LogP contribution in [0.25, 0.3) is 0 Å². The molecule has 0 saturated carbocycles. The molecule has 2 heterocycles. The van der Waals surface area contributed by atoms with Gasteiger partial charge in [-0.25, -0.2) is 0 Å². The smallest absolute Gasteiger partial charge is 0.308 e. The summed E-state index contributed by atoms with van der Waals surface area (Å²) >= 11 is 0. The molecule has 2 saturated heterocycles. The van der Waals surface area contributed by atoms with E-state index in [1.54, 1.807) is 0 Å². The maximum Gasteiger partial charge on any atom is 0.308 e. The van der Waals surface area contributed by atoms with Crippen molar-refractivity contribution in [1.82, 2.24) is 9.80 Å². The lowest BCUT2D eigenvalue weighted by Crippen LogP contribution is -2.37. The minimum Gasteiger partial charge on any atom is -0.481 e. The first-order valence-corrected chi connectivity index (χ1v) is 6.84.